The van der Waals surface area contributed by atoms with Gasteiger partial charge in [-0.15, -0.1) is 0 Å². The summed E-state index contributed by atoms with van der Waals surface area (Å²) >= 11 is 6.60. The van der Waals surface area contributed by atoms with Crippen LogP contribution in [-0.4, -0.2) is 55.0 Å². The summed E-state index contributed by atoms with van der Waals surface area (Å²) in [5.41, 5.74) is 2.79. The van der Waals surface area contributed by atoms with Gasteiger partial charge >= 0.3 is 0 Å². The van der Waals surface area contributed by atoms with E-state index in [1.54, 1.807) is 17.0 Å². The second-order valence-corrected chi connectivity index (χ2v) is 13.1. The molecule has 0 aliphatic carbocycles. The van der Waals surface area contributed by atoms with Crippen molar-refractivity contribution in [3.8, 4) is 0 Å². The number of ether oxygens (including phenoxy) is 1. The molecule has 2 aliphatic heterocycles. The standard InChI is InChI=1S/C28H31ClF2N4O5S/c1-28(2)16-35-19(15-40-28)14-21-23(6-5-22(29)25(21)35)32-27(37)20-4-3-18(33-41(38,39)12-11-36)13-24(20)34-9-7-17(8-10-34)26(30)31/h3-6,13-14,33,36H,7-12,15-16H2,1-2H3,(H,32,37). The van der Waals surface area contributed by atoms with E-state index in [1.807, 2.05) is 19.9 Å². The molecular formula is C28H31ClF2N4O5S. The maximum absolute atomic E-state index is 13.7. The molecule has 2 aromatic carbocycles. The number of sulfonamides is 1. The van der Waals surface area contributed by atoms with Gasteiger partial charge in [-0.1, -0.05) is 11.6 Å². The molecular weight excluding hydrogens is 578 g/mol. The molecule has 1 amide bonds. The van der Waals surface area contributed by atoms with Gasteiger partial charge in [-0.2, -0.15) is 8.78 Å². The molecule has 41 heavy (non-hydrogen) atoms. The van der Waals surface area contributed by atoms with Crippen LogP contribution in [0.15, 0.2) is 48.1 Å². The lowest BCUT2D eigenvalue weighted by molar-refractivity contribution is -0.0613. The van der Waals surface area contributed by atoms with Crippen molar-refractivity contribution in [2.75, 3.05) is 40.4 Å². The van der Waals surface area contributed by atoms with Crippen LogP contribution < -0.4 is 14.9 Å². The number of piperidine rings is 1. The predicted octanol–water partition coefficient (Wildman–Crippen LogP) is 5.34. The van der Waals surface area contributed by atoms with Gasteiger partial charge in [0.05, 0.1) is 64.3 Å². The zero-order valence-corrected chi connectivity index (χ0v) is 24.2. The fraction of sp³-hybridized carbons (Fsp3) is 0.393. The van der Waals surface area contributed by atoms with Gasteiger partial charge in [-0.3, -0.25) is 9.52 Å². The third-order valence-electron chi connectivity index (χ3n) is 7.34. The Bertz CT molecular complexity index is 1640. The fourth-order valence-corrected chi connectivity index (χ4v) is 6.39. The predicted molar refractivity (Wildman–Crippen MR) is 155 cm³/mol. The van der Waals surface area contributed by atoms with Crippen molar-refractivity contribution in [3.63, 3.8) is 0 Å². The second-order valence-electron chi connectivity index (χ2n) is 10.8. The number of aliphatic hydroxyl groups is 1. The van der Waals surface area contributed by atoms with Gasteiger partial charge in [0, 0.05) is 24.2 Å². The highest BCUT2D eigenvalue weighted by Gasteiger charge is 2.29. The average molecular weight is 609 g/mol. The number of anilines is 3. The van der Waals surface area contributed by atoms with Crippen LogP contribution in [0.3, 0.4) is 0 Å². The zero-order valence-electron chi connectivity index (χ0n) is 22.6. The van der Waals surface area contributed by atoms with Crippen molar-refractivity contribution >= 4 is 55.5 Å². The molecule has 0 unspecified atom stereocenters. The number of nitrogens with one attached hydrogen (secondary N) is 2. The van der Waals surface area contributed by atoms with Gasteiger partial charge in [0.15, 0.2) is 0 Å². The molecule has 13 heteroatoms. The van der Waals surface area contributed by atoms with Crippen molar-refractivity contribution in [3.05, 3.63) is 64.3 Å². The van der Waals surface area contributed by atoms with Crippen LogP contribution in [0.2, 0.25) is 5.02 Å². The maximum atomic E-state index is 13.7. The lowest BCUT2D eigenvalue weighted by Crippen LogP contribution is -2.35. The molecule has 1 aromatic heterocycles. The molecule has 5 rings (SSSR count). The van der Waals surface area contributed by atoms with Gasteiger partial charge < -0.3 is 24.6 Å². The number of aliphatic hydroxyl groups excluding tert-OH is 1. The molecule has 0 spiro atoms. The second kappa shape index (κ2) is 11.2. The third-order valence-corrected chi connectivity index (χ3v) is 8.92. The molecule has 0 saturated carbocycles. The molecule has 0 bridgehead atoms. The van der Waals surface area contributed by atoms with E-state index in [1.165, 1.54) is 18.2 Å². The average Bonchev–Trinajstić information content (AvgIpc) is 3.28. The highest BCUT2D eigenvalue weighted by Crippen LogP contribution is 2.38. The van der Waals surface area contributed by atoms with Crippen molar-refractivity contribution in [2.45, 2.75) is 45.4 Å². The Morgan fingerprint density at radius 1 is 1.15 bits per heavy atom. The Labute approximate surface area is 241 Å². The van der Waals surface area contributed by atoms with Gasteiger partial charge in [-0.25, -0.2) is 8.42 Å². The zero-order chi connectivity index (χ0) is 29.5. The molecule has 9 nitrogen and oxygen atoms in total. The summed E-state index contributed by atoms with van der Waals surface area (Å²) < 4.78 is 61.4. The smallest absolute Gasteiger partial charge is 0.269 e. The van der Waals surface area contributed by atoms with E-state index in [0.29, 0.717) is 29.5 Å². The largest absolute Gasteiger partial charge is 0.395 e. The minimum Gasteiger partial charge on any atom is -0.395 e. The van der Waals surface area contributed by atoms with Gasteiger partial charge in [0.1, 0.15) is 0 Å². The monoisotopic (exact) mass is 608 g/mol. The highest BCUT2D eigenvalue weighted by atomic mass is 35.5. The summed E-state index contributed by atoms with van der Waals surface area (Å²) in [4.78, 5) is 15.5. The van der Waals surface area contributed by atoms with E-state index in [0.717, 1.165) is 16.6 Å². The number of benzene rings is 2. The molecule has 1 fully saturated rings. The summed E-state index contributed by atoms with van der Waals surface area (Å²) in [5, 5.41) is 13.3. The van der Waals surface area contributed by atoms with Crippen molar-refractivity contribution in [2.24, 2.45) is 0 Å². The van der Waals surface area contributed by atoms with Crippen LogP contribution >= 0.6 is 11.6 Å². The molecule has 0 radical (unpaired) electrons. The number of hydrogen-bond acceptors (Lipinski definition) is 6. The Morgan fingerprint density at radius 3 is 2.56 bits per heavy atom. The molecule has 0 atom stereocenters. The van der Waals surface area contributed by atoms with E-state index < -0.39 is 34.4 Å². The first-order valence-electron chi connectivity index (χ1n) is 13.2. The molecule has 3 heterocycles. The molecule has 3 aromatic rings. The van der Waals surface area contributed by atoms with Crippen molar-refractivity contribution in [1.29, 1.82) is 0 Å². The minimum atomic E-state index is -3.82. The van der Waals surface area contributed by atoms with Gasteiger partial charge in [0.25, 0.3) is 12.0 Å². The first-order valence-corrected chi connectivity index (χ1v) is 15.2. The number of aromatic nitrogens is 1. The minimum absolute atomic E-state index is 0.0699. The highest BCUT2D eigenvalue weighted by molar-refractivity contribution is 7.92. The normalized spacial score (nSPS) is 16.9. The summed E-state index contributed by atoms with van der Waals surface area (Å²) in [7, 11) is -3.82. The third kappa shape index (κ3) is 6.20. The van der Waals surface area contributed by atoms with Crippen molar-refractivity contribution in [1.82, 2.24) is 4.57 Å². The number of hydrogen-bond donors (Lipinski definition) is 3. The van der Waals surface area contributed by atoms with Crippen LogP contribution in [0.5, 0.6) is 0 Å². The maximum Gasteiger partial charge on any atom is 0.269 e. The number of rotatable bonds is 7. The fourth-order valence-electron chi connectivity index (χ4n) is 5.29. The first kappa shape index (κ1) is 29.3. The number of carbonyl (C=O) groups is 1. The van der Waals surface area contributed by atoms with Crippen LogP contribution in [0.1, 0.15) is 42.7 Å². The summed E-state index contributed by atoms with van der Waals surface area (Å²) in [5.74, 6) is -0.943. The Morgan fingerprint density at radius 2 is 1.88 bits per heavy atom. The van der Waals surface area contributed by atoms with Gasteiger partial charge in [-0.05, 0) is 68.7 Å². The van der Waals surface area contributed by atoms with E-state index in [9.17, 15) is 22.0 Å². The summed E-state index contributed by atoms with van der Waals surface area (Å²) in [6.45, 7) is 4.89. The van der Waals surface area contributed by atoms with Crippen LogP contribution in [-0.2, 0) is 27.9 Å². The number of amides is 1. The summed E-state index contributed by atoms with van der Waals surface area (Å²) in [6.07, 6.45) is -1.45. The van der Waals surface area contributed by atoms with Gasteiger partial charge in [0.2, 0.25) is 10.0 Å². The van der Waals surface area contributed by atoms with Crippen LogP contribution in [0.25, 0.3) is 10.9 Å². The number of nitrogens with zero attached hydrogens (tertiary/aromatic N) is 2. The molecule has 1 saturated heterocycles. The Kier molecular flexibility index (Phi) is 8.03. The number of carbonyl (C=O) groups excluding carboxylic acids is 1. The van der Waals surface area contributed by atoms with Crippen LogP contribution in [0, 0.1) is 0 Å². The first-order chi connectivity index (χ1) is 19.4. The Balaban J connectivity index is 1.50. The quantitative estimate of drug-likeness (QED) is 0.334. The topological polar surface area (TPSA) is 113 Å². The summed E-state index contributed by atoms with van der Waals surface area (Å²) in [6, 6.07) is 9.85. The van der Waals surface area contributed by atoms with E-state index in [2.05, 4.69) is 14.6 Å². The Hall–Kier alpha value is -3.19. The number of halogens is 3. The SMILES string of the molecule is CC1(C)Cn2c(cc3c(NC(=O)c4ccc(NS(=O)(=O)CCO)cc4N4CCC(=C(F)F)CC4)ccc(Cl)c32)CO1. The molecule has 2 aliphatic rings. The van der Waals surface area contributed by atoms with Crippen molar-refractivity contribution < 1.29 is 31.8 Å². The van der Waals surface area contributed by atoms with E-state index >= 15 is 0 Å². The van der Waals surface area contributed by atoms with Crippen LogP contribution in [0.4, 0.5) is 25.8 Å². The lowest BCUT2D eigenvalue weighted by atomic mass is 10.0. The lowest BCUT2D eigenvalue weighted by Gasteiger charge is -2.32. The van der Waals surface area contributed by atoms with E-state index in [4.69, 9.17) is 21.4 Å². The number of fused-ring (bicyclic) bond motifs is 3. The molecule has 220 valence electrons. The molecule has 3 N–H and O–H groups in total. The van der Waals surface area contributed by atoms with E-state index in [-0.39, 0.29) is 48.4 Å².